The Morgan fingerprint density at radius 3 is 2.76 bits per heavy atom. The lowest BCUT2D eigenvalue weighted by Gasteiger charge is -2.11. The Bertz CT molecular complexity index is 1050. The Kier molecular flexibility index (Phi) is 5.84. The van der Waals surface area contributed by atoms with E-state index in [0.29, 0.717) is 17.9 Å². The molecule has 3 rings (SSSR count). The van der Waals surface area contributed by atoms with Crippen LogP contribution in [0.4, 0.5) is 10.1 Å². The van der Waals surface area contributed by atoms with Crippen LogP contribution in [-0.2, 0) is 4.74 Å². The standard InChI is InChI=1S/C19H17FN4O5/c1-27-4-5-28-16-7-13(21)11(6-12(16)20)18(22)17-8-15(24-29-17)10-2-3-14(19(25)26)23-9-10/h2-3,6-9,22H,4-5,21H2,1H3,(H,25,26). The van der Waals surface area contributed by atoms with Crippen molar-refractivity contribution < 1.29 is 28.3 Å². The number of nitrogens with one attached hydrogen (secondary N) is 1. The number of methoxy groups -OCH3 is 1. The summed E-state index contributed by atoms with van der Waals surface area (Å²) in [6.07, 6.45) is 1.33. The van der Waals surface area contributed by atoms with Gasteiger partial charge in [0.1, 0.15) is 23.7 Å². The van der Waals surface area contributed by atoms with Gasteiger partial charge in [0.15, 0.2) is 17.3 Å². The van der Waals surface area contributed by atoms with E-state index in [-0.39, 0.29) is 40.8 Å². The van der Waals surface area contributed by atoms with Gasteiger partial charge < -0.3 is 24.8 Å². The Balaban J connectivity index is 1.82. The zero-order valence-corrected chi connectivity index (χ0v) is 15.3. The molecule has 3 aromatic rings. The summed E-state index contributed by atoms with van der Waals surface area (Å²) in [6.45, 7) is 0.448. The van der Waals surface area contributed by atoms with Gasteiger partial charge in [-0.05, 0) is 18.2 Å². The Morgan fingerprint density at radius 1 is 1.31 bits per heavy atom. The number of hydrogen-bond acceptors (Lipinski definition) is 8. The van der Waals surface area contributed by atoms with Gasteiger partial charge in [-0.2, -0.15) is 0 Å². The van der Waals surface area contributed by atoms with Crippen molar-refractivity contribution in [1.82, 2.24) is 10.1 Å². The Hall–Kier alpha value is -3.79. The molecule has 29 heavy (non-hydrogen) atoms. The number of ether oxygens (including phenoxy) is 2. The second kappa shape index (κ2) is 8.48. The molecule has 9 nitrogen and oxygen atoms in total. The lowest BCUT2D eigenvalue weighted by molar-refractivity contribution is 0.0690. The zero-order valence-electron chi connectivity index (χ0n) is 15.3. The molecule has 0 aliphatic carbocycles. The average Bonchev–Trinajstić information content (AvgIpc) is 3.20. The minimum Gasteiger partial charge on any atom is -0.488 e. The van der Waals surface area contributed by atoms with Crippen molar-refractivity contribution in [2.45, 2.75) is 0 Å². The number of carbonyl (C=O) groups is 1. The Morgan fingerprint density at radius 2 is 2.10 bits per heavy atom. The minimum absolute atomic E-state index is 0.0426. The summed E-state index contributed by atoms with van der Waals surface area (Å²) in [5, 5.41) is 21.0. The van der Waals surface area contributed by atoms with E-state index in [1.807, 2.05) is 0 Å². The highest BCUT2D eigenvalue weighted by Gasteiger charge is 2.18. The minimum atomic E-state index is -1.15. The van der Waals surface area contributed by atoms with Crippen molar-refractivity contribution in [2.75, 3.05) is 26.1 Å². The number of carboxylic acid groups (broad SMARTS) is 1. The van der Waals surface area contributed by atoms with Crippen LogP contribution in [0.2, 0.25) is 0 Å². The summed E-state index contributed by atoms with van der Waals surface area (Å²) in [5.74, 6) is -1.81. The second-order valence-electron chi connectivity index (χ2n) is 5.90. The second-order valence-corrected chi connectivity index (χ2v) is 5.90. The van der Waals surface area contributed by atoms with Gasteiger partial charge in [0, 0.05) is 42.3 Å². The molecule has 0 radical (unpaired) electrons. The number of aromatic carboxylic acids is 1. The van der Waals surface area contributed by atoms with Crippen molar-refractivity contribution in [3.8, 4) is 17.0 Å². The van der Waals surface area contributed by atoms with Crippen LogP contribution in [0.3, 0.4) is 0 Å². The fourth-order valence-corrected chi connectivity index (χ4v) is 2.46. The molecule has 0 aliphatic rings. The molecule has 2 aromatic heterocycles. The van der Waals surface area contributed by atoms with Crippen LogP contribution in [0, 0.1) is 11.2 Å². The van der Waals surface area contributed by atoms with Gasteiger partial charge in [0.2, 0.25) is 0 Å². The van der Waals surface area contributed by atoms with Gasteiger partial charge >= 0.3 is 5.97 Å². The van der Waals surface area contributed by atoms with Gasteiger partial charge in [-0.1, -0.05) is 5.16 Å². The molecule has 0 saturated carbocycles. The maximum absolute atomic E-state index is 14.3. The van der Waals surface area contributed by atoms with E-state index >= 15 is 0 Å². The highest BCUT2D eigenvalue weighted by Crippen LogP contribution is 2.27. The number of benzene rings is 1. The lowest BCUT2D eigenvalue weighted by Crippen LogP contribution is -2.09. The molecule has 1 aromatic carbocycles. The number of hydrogen-bond donors (Lipinski definition) is 3. The SMILES string of the molecule is COCCOc1cc(N)c(C(=N)c2cc(-c3ccc(C(=O)O)nc3)no2)cc1F. The first-order valence-corrected chi connectivity index (χ1v) is 8.37. The first kappa shape index (κ1) is 20.0. The molecule has 0 saturated heterocycles. The third kappa shape index (κ3) is 4.38. The summed E-state index contributed by atoms with van der Waals surface area (Å²) < 4.78 is 29.6. The number of nitrogens with zero attached hydrogens (tertiary/aromatic N) is 2. The number of nitrogen functional groups attached to an aromatic ring is 1. The van der Waals surface area contributed by atoms with Crippen molar-refractivity contribution in [3.05, 3.63) is 59.4 Å². The molecule has 0 amide bonds. The summed E-state index contributed by atoms with van der Waals surface area (Å²) in [7, 11) is 1.50. The van der Waals surface area contributed by atoms with Crippen LogP contribution < -0.4 is 10.5 Å². The molecule has 0 bridgehead atoms. The smallest absolute Gasteiger partial charge is 0.354 e. The fourth-order valence-electron chi connectivity index (χ4n) is 2.46. The van der Waals surface area contributed by atoms with E-state index in [1.54, 1.807) is 0 Å². The number of anilines is 1. The zero-order chi connectivity index (χ0) is 21.0. The van der Waals surface area contributed by atoms with Crippen LogP contribution in [0.5, 0.6) is 5.75 Å². The van der Waals surface area contributed by atoms with Gasteiger partial charge in [-0.3, -0.25) is 5.41 Å². The number of rotatable bonds is 8. The molecule has 150 valence electrons. The molecule has 0 aliphatic heterocycles. The largest absolute Gasteiger partial charge is 0.488 e. The first-order chi connectivity index (χ1) is 13.9. The van der Waals surface area contributed by atoms with E-state index in [2.05, 4.69) is 10.1 Å². The van der Waals surface area contributed by atoms with Crippen molar-refractivity contribution in [2.24, 2.45) is 0 Å². The summed E-state index contributed by atoms with van der Waals surface area (Å²) in [5.41, 5.74) is 6.76. The molecule has 0 fully saturated rings. The number of aromatic nitrogens is 2. The highest BCUT2D eigenvalue weighted by atomic mass is 19.1. The number of pyridine rings is 1. The van der Waals surface area contributed by atoms with E-state index < -0.39 is 11.8 Å². The van der Waals surface area contributed by atoms with E-state index in [1.165, 1.54) is 37.6 Å². The molecule has 4 N–H and O–H groups in total. The molecule has 0 atom stereocenters. The number of nitrogens with two attached hydrogens (primary N) is 1. The van der Waals surface area contributed by atoms with Crippen LogP contribution in [-0.4, -0.2) is 47.3 Å². The van der Waals surface area contributed by atoms with Crippen molar-refractivity contribution in [1.29, 1.82) is 5.41 Å². The lowest BCUT2D eigenvalue weighted by atomic mass is 10.0. The highest BCUT2D eigenvalue weighted by molar-refractivity contribution is 6.12. The summed E-state index contributed by atoms with van der Waals surface area (Å²) in [4.78, 5) is 14.7. The van der Waals surface area contributed by atoms with Gasteiger partial charge in [0.05, 0.1) is 6.61 Å². The predicted molar refractivity (Wildman–Crippen MR) is 101 cm³/mol. The molecule has 0 unspecified atom stereocenters. The molecular formula is C19H17FN4O5. The van der Waals surface area contributed by atoms with E-state index in [4.69, 9.17) is 30.2 Å². The monoisotopic (exact) mass is 400 g/mol. The molecular weight excluding hydrogens is 383 g/mol. The first-order valence-electron chi connectivity index (χ1n) is 8.37. The topological polar surface area (TPSA) is 145 Å². The van der Waals surface area contributed by atoms with Gasteiger partial charge in [0.25, 0.3) is 0 Å². The van der Waals surface area contributed by atoms with E-state index in [0.717, 1.165) is 6.07 Å². The fraction of sp³-hybridized carbons (Fsp3) is 0.158. The maximum atomic E-state index is 14.3. The van der Waals surface area contributed by atoms with Crippen LogP contribution >= 0.6 is 0 Å². The summed E-state index contributed by atoms with van der Waals surface area (Å²) >= 11 is 0. The van der Waals surface area contributed by atoms with Crippen LogP contribution in [0.1, 0.15) is 21.8 Å². The average molecular weight is 400 g/mol. The number of carboxylic acids is 1. The van der Waals surface area contributed by atoms with Crippen LogP contribution in [0.25, 0.3) is 11.3 Å². The number of halogens is 1. The van der Waals surface area contributed by atoms with Crippen molar-refractivity contribution in [3.63, 3.8) is 0 Å². The van der Waals surface area contributed by atoms with Gasteiger partial charge in [-0.25, -0.2) is 14.2 Å². The third-order valence-corrected chi connectivity index (χ3v) is 3.95. The molecule has 0 spiro atoms. The molecule has 10 heteroatoms. The third-order valence-electron chi connectivity index (χ3n) is 3.95. The van der Waals surface area contributed by atoms with Crippen molar-refractivity contribution >= 4 is 17.4 Å². The van der Waals surface area contributed by atoms with E-state index in [9.17, 15) is 9.18 Å². The normalized spacial score (nSPS) is 10.7. The Labute approximate surface area is 164 Å². The molecule has 2 heterocycles. The quantitative estimate of drug-likeness (QED) is 0.297. The summed E-state index contributed by atoms with van der Waals surface area (Å²) in [6, 6.07) is 6.68. The van der Waals surface area contributed by atoms with Gasteiger partial charge in [-0.15, -0.1) is 0 Å². The predicted octanol–water partition coefficient (Wildman–Crippen LogP) is 2.60. The van der Waals surface area contributed by atoms with Crippen LogP contribution in [0.15, 0.2) is 41.1 Å². The maximum Gasteiger partial charge on any atom is 0.354 e.